The SMILES string of the molecule is COc1ccc(OCCC[C@H]2[C@@H](OC)O[C@H](CO[Si](c3ccccc3)(c3ccccc3)C(C)(C)C)[C@H]3C[C@H](OC(=O)c4ccccc4)C[C@]32CCO)cc1. The summed E-state index contributed by atoms with van der Waals surface area (Å²) >= 11 is 0. The normalized spacial score (nSPS) is 24.1. The van der Waals surface area contributed by atoms with Crippen LogP contribution < -0.4 is 19.8 Å². The molecule has 9 heteroatoms. The summed E-state index contributed by atoms with van der Waals surface area (Å²) in [6, 6.07) is 37.9. The van der Waals surface area contributed by atoms with Crippen LogP contribution in [0.25, 0.3) is 0 Å². The summed E-state index contributed by atoms with van der Waals surface area (Å²) in [5.41, 5.74) is 0.0860. The van der Waals surface area contributed by atoms with E-state index in [9.17, 15) is 9.90 Å². The molecule has 0 spiro atoms. The van der Waals surface area contributed by atoms with Crippen molar-refractivity contribution in [1.82, 2.24) is 0 Å². The van der Waals surface area contributed by atoms with Crippen LogP contribution in [0.3, 0.4) is 0 Å². The molecule has 2 fully saturated rings. The molecule has 6 rings (SSSR count). The molecule has 1 N–H and O–H groups in total. The van der Waals surface area contributed by atoms with Crippen molar-refractivity contribution in [2.45, 2.75) is 76.4 Å². The number of benzene rings is 4. The number of rotatable bonds is 16. The van der Waals surface area contributed by atoms with Crippen LogP contribution >= 0.6 is 0 Å². The minimum absolute atomic E-state index is 0.00653. The lowest BCUT2D eigenvalue weighted by molar-refractivity contribution is -0.275. The number of carbonyl (C=O) groups excluding carboxylic acids is 1. The van der Waals surface area contributed by atoms with Crippen molar-refractivity contribution in [2.24, 2.45) is 17.3 Å². The number of methoxy groups -OCH3 is 2. The van der Waals surface area contributed by atoms with Crippen molar-refractivity contribution in [2.75, 3.05) is 34.0 Å². The van der Waals surface area contributed by atoms with Gasteiger partial charge in [0.2, 0.25) is 0 Å². The van der Waals surface area contributed by atoms with Crippen molar-refractivity contribution >= 4 is 24.7 Å². The van der Waals surface area contributed by atoms with Crippen LogP contribution in [-0.2, 0) is 18.6 Å². The Kier molecular flexibility index (Phi) is 13.0. The van der Waals surface area contributed by atoms with Crippen LogP contribution in [0.1, 0.15) is 63.2 Å². The average molecular weight is 753 g/mol. The summed E-state index contributed by atoms with van der Waals surface area (Å²) < 4.78 is 38.4. The Morgan fingerprint density at radius 1 is 0.852 bits per heavy atom. The van der Waals surface area contributed by atoms with E-state index in [0.29, 0.717) is 38.0 Å². The molecule has 1 aliphatic heterocycles. The predicted molar refractivity (Wildman–Crippen MR) is 213 cm³/mol. The number of hydrogen-bond donors (Lipinski definition) is 1. The Morgan fingerprint density at radius 2 is 1.44 bits per heavy atom. The molecule has 0 bridgehead atoms. The highest BCUT2D eigenvalue weighted by Crippen LogP contribution is 2.59. The maximum atomic E-state index is 13.4. The van der Waals surface area contributed by atoms with Gasteiger partial charge >= 0.3 is 5.97 Å². The molecular formula is C45H56O8Si. The van der Waals surface area contributed by atoms with Gasteiger partial charge in [-0.25, -0.2) is 4.79 Å². The fourth-order valence-electron chi connectivity index (χ4n) is 9.26. The van der Waals surface area contributed by atoms with E-state index in [1.54, 1.807) is 26.4 Å². The minimum atomic E-state index is -2.90. The maximum absolute atomic E-state index is 13.4. The Labute approximate surface area is 321 Å². The van der Waals surface area contributed by atoms with Gasteiger partial charge in [-0.15, -0.1) is 0 Å². The van der Waals surface area contributed by atoms with Crippen molar-refractivity contribution < 1.29 is 38.0 Å². The lowest BCUT2D eigenvalue weighted by atomic mass is 9.61. The van der Waals surface area contributed by atoms with Gasteiger partial charge in [-0.3, -0.25) is 0 Å². The zero-order chi connectivity index (χ0) is 38.2. The lowest BCUT2D eigenvalue weighted by Crippen LogP contribution is -2.67. The third-order valence-corrected chi connectivity index (χ3v) is 16.7. The zero-order valence-corrected chi connectivity index (χ0v) is 33.3. The topological polar surface area (TPSA) is 92.7 Å². The minimum Gasteiger partial charge on any atom is -0.497 e. The summed E-state index contributed by atoms with van der Waals surface area (Å²) in [5.74, 6) is 1.07. The molecule has 0 radical (unpaired) electrons. The molecule has 0 amide bonds. The van der Waals surface area contributed by atoms with Crippen molar-refractivity contribution in [1.29, 1.82) is 0 Å². The molecule has 1 heterocycles. The van der Waals surface area contributed by atoms with Crippen LogP contribution in [0.15, 0.2) is 115 Å². The molecule has 6 atom stereocenters. The lowest BCUT2D eigenvalue weighted by Gasteiger charge is -2.53. The summed E-state index contributed by atoms with van der Waals surface area (Å²) in [5, 5.41) is 12.9. The number of aliphatic hydroxyl groups excluding tert-OH is 1. The van der Waals surface area contributed by atoms with Crippen LogP contribution in [-0.4, -0.2) is 71.9 Å². The van der Waals surface area contributed by atoms with Gasteiger partial charge in [0.25, 0.3) is 8.32 Å². The summed E-state index contributed by atoms with van der Waals surface area (Å²) in [7, 11) is 0.439. The summed E-state index contributed by atoms with van der Waals surface area (Å²) in [6.07, 6.45) is 1.94. The van der Waals surface area contributed by atoms with Crippen molar-refractivity contribution in [3.8, 4) is 11.5 Å². The van der Waals surface area contributed by atoms with Gasteiger partial charge in [0.1, 0.15) is 17.6 Å². The largest absolute Gasteiger partial charge is 0.497 e. The molecule has 1 aliphatic carbocycles. The molecule has 1 saturated carbocycles. The van der Waals surface area contributed by atoms with Gasteiger partial charge < -0.3 is 33.2 Å². The molecule has 0 aromatic heterocycles. The first-order valence-corrected chi connectivity index (χ1v) is 21.1. The van der Waals surface area contributed by atoms with E-state index in [-0.39, 0.29) is 41.7 Å². The number of ether oxygens (including phenoxy) is 5. The Morgan fingerprint density at radius 3 is 2.00 bits per heavy atom. The molecule has 1 saturated heterocycles. The summed E-state index contributed by atoms with van der Waals surface area (Å²) in [4.78, 5) is 13.4. The molecular weight excluding hydrogens is 697 g/mol. The quantitative estimate of drug-likeness (QED) is 0.0719. The van der Waals surface area contributed by atoms with Gasteiger partial charge in [0.05, 0.1) is 32.0 Å². The first kappa shape index (κ1) is 39.7. The predicted octanol–water partition coefficient (Wildman–Crippen LogP) is 7.42. The first-order chi connectivity index (χ1) is 26.1. The zero-order valence-electron chi connectivity index (χ0n) is 32.3. The van der Waals surface area contributed by atoms with E-state index < -0.39 is 20.0 Å². The van der Waals surface area contributed by atoms with E-state index in [0.717, 1.165) is 24.3 Å². The number of fused-ring (bicyclic) bond motifs is 1. The van der Waals surface area contributed by atoms with Crippen LogP contribution in [0, 0.1) is 17.3 Å². The Bertz CT molecular complexity index is 1710. The second-order valence-corrected chi connectivity index (χ2v) is 20.0. The fourth-order valence-corrected chi connectivity index (χ4v) is 13.8. The standard InChI is InChI=1S/C45H56O8Si/c1-44(2,3)54(37-18-11-7-12-19-37,38-20-13-8-14-21-38)51-32-41-40-30-36(52-42(47)33-16-9-6-10-17-33)31-45(40,27-28-46)39(43(49-5)53-41)22-15-29-50-35-25-23-34(48-4)24-26-35/h6-14,16-21,23-26,36,39-41,43,46H,15,22,27-32H2,1-5H3/t36-,39-,40+,41+,43-,45-/m0/s1. The van der Waals surface area contributed by atoms with Crippen LogP contribution in [0.4, 0.5) is 0 Å². The second kappa shape index (κ2) is 17.6. The van der Waals surface area contributed by atoms with E-state index in [2.05, 4.69) is 69.3 Å². The van der Waals surface area contributed by atoms with Crippen LogP contribution in [0.2, 0.25) is 5.04 Å². The van der Waals surface area contributed by atoms with E-state index in [1.165, 1.54) is 10.4 Å². The monoisotopic (exact) mass is 752 g/mol. The number of esters is 1. The molecule has 288 valence electrons. The van der Waals surface area contributed by atoms with E-state index in [4.69, 9.17) is 28.1 Å². The fraction of sp³-hybridized carbons (Fsp3) is 0.444. The Balaban J connectivity index is 1.31. The second-order valence-electron chi connectivity index (χ2n) is 15.7. The smallest absolute Gasteiger partial charge is 0.338 e. The number of carbonyl (C=O) groups is 1. The van der Waals surface area contributed by atoms with Gasteiger partial charge in [-0.05, 0) is 95.2 Å². The molecule has 4 aromatic carbocycles. The highest BCUT2D eigenvalue weighted by molar-refractivity contribution is 6.99. The van der Waals surface area contributed by atoms with Crippen LogP contribution in [0.5, 0.6) is 11.5 Å². The van der Waals surface area contributed by atoms with Gasteiger partial charge in [-0.2, -0.15) is 0 Å². The van der Waals surface area contributed by atoms with Gasteiger partial charge in [0.15, 0.2) is 6.29 Å². The molecule has 2 aliphatic rings. The van der Waals surface area contributed by atoms with Crippen molar-refractivity contribution in [3.63, 3.8) is 0 Å². The van der Waals surface area contributed by atoms with Crippen molar-refractivity contribution in [3.05, 3.63) is 121 Å². The van der Waals surface area contributed by atoms with Gasteiger partial charge in [-0.1, -0.05) is 99.6 Å². The third-order valence-electron chi connectivity index (χ3n) is 11.6. The third kappa shape index (κ3) is 8.31. The highest BCUT2D eigenvalue weighted by atomic mass is 28.4. The van der Waals surface area contributed by atoms with E-state index >= 15 is 0 Å². The summed E-state index contributed by atoms with van der Waals surface area (Å²) in [6.45, 7) is 7.64. The molecule has 54 heavy (non-hydrogen) atoms. The number of aliphatic hydroxyl groups is 1. The molecule has 4 aromatic rings. The molecule has 0 unspecified atom stereocenters. The first-order valence-electron chi connectivity index (χ1n) is 19.2. The Hall–Kier alpha value is -3.99. The molecule has 8 nitrogen and oxygen atoms in total. The number of hydrogen-bond acceptors (Lipinski definition) is 8. The highest BCUT2D eigenvalue weighted by Gasteiger charge is 2.61. The van der Waals surface area contributed by atoms with E-state index in [1.807, 2.05) is 54.6 Å². The van der Waals surface area contributed by atoms with Gasteiger partial charge in [0, 0.05) is 19.6 Å². The maximum Gasteiger partial charge on any atom is 0.338 e. The average Bonchev–Trinajstić information content (AvgIpc) is 3.56.